The minimum Gasteiger partial charge on any atom is -0.207 e. The number of fused-ring (bicyclic) bond motifs is 1. The number of rotatable bonds is 1. The highest BCUT2D eigenvalue weighted by Crippen LogP contribution is 2.29. The Balaban J connectivity index is 2.66. The van der Waals surface area contributed by atoms with E-state index in [2.05, 4.69) is 6.07 Å². The van der Waals surface area contributed by atoms with Crippen molar-refractivity contribution in [3.63, 3.8) is 0 Å². The Labute approximate surface area is 85.4 Å². The van der Waals surface area contributed by atoms with Crippen LogP contribution in [0.3, 0.4) is 0 Å². The lowest BCUT2D eigenvalue weighted by Crippen LogP contribution is -1.80. The van der Waals surface area contributed by atoms with E-state index >= 15 is 0 Å². The van der Waals surface area contributed by atoms with Crippen LogP contribution in [-0.4, -0.2) is 0 Å². The molecular formula is C11H8FNS. The van der Waals surface area contributed by atoms with Gasteiger partial charge >= 0.3 is 0 Å². The molecule has 0 spiro atoms. The molecule has 0 unspecified atom stereocenters. The van der Waals surface area contributed by atoms with Gasteiger partial charge in [0.1, 0.15) is 5.82 Å². The number of halogens is 1. The van der Waals surface area contributed by atoms with Gasteiger partial charge in [0.2, 0.25) is 0 Å². The fourth-order valence-corrected chi connectivity index (χ4v) is 2.50. The number of hydrogen-bond acceptors (Lipinski definition) is 2. The molecule has 0 atom stereocenters. The number of nitriles is 1. The summed E-state index contributed by atoms with van der Waals surface area (Å²) in [7, 11) is 0. The molecule has 0 aliphatic carbocycles. The molecular weight excluding hydrogens is 197 g/mol. The van der Waals surface area contributed by atoms with Crippen molar-refractivity contribution < 1.29 is 4.39 Å². The second kappa shape index (κ2) is 3.39. The molecule has 0 bridgehead atoms. The average Bonchev–Trinajstić information content (AvgIpc) is 2.56. The molecule has 0 N–H and O–H groups in total. The highest BCUT2D eigenvalue weighted by Gasteiger charge is 2.06. The normalized spacial score (nSPS) is 10.4. The Bertz CT molecular complexity index is 522. The van der Waals surface area contributed by atoms with E-state index < -0.39 is 0 Å². The summed E-state index contributed by atoms with van der Waals surface area (Å²) in [6.07, 6.45) is 0.403. The van der Waals surface area contributed by atoms with Crippen molar-refractivity contribution in [2.24, 2.45) is 0 Å². The van der Waals surface area contributed by atoms with Crippen LogP contribution in [0.25, 0.3) is 10.1 Å². The van der Waals surface area contributed by atoms with Gasteiger partial charge in [-0.25, -0.2) is 4.39 Å². The summed E-state index contributed by atoms with van der Waals surface area (Å²) in [5, 5.41) is 9.48. The Morgan fingerprint density at radius 2 is 2.29 bits per heavy atom. The number of hydrogen-bond donors (Lipinski definition) is 0. The second-order valence-corrected chi connectivity index (χ2v) is 4.30. The summed E-state index contributed by atoms with van der Waals surface area (Å²) in [6, 6.07) is 7.24. The van der Waals surface area contributed by atoms with Crippen LogP contribution < -0.4 is 0 Å². The molecule has 2 rings (SSSR count). The molecule has 1 aromatic carbocycles. The van der Waals surface area contributed by atoms with Gasteiger partial charge in [0.05, 0.1) is 12.5 Å². The molecule has 0 amide bonds. The fourth-order valence-electron chi connectivity index (χ4n) is 1.44. The second-order valence-electron chi connectivity index (χ2n) is 3.13. The molecule has 3 heteroatoms. The van der Waals surface area contributed by atoms with Crippen LogP contribution in [0.4, 0.5) is 4.39 Å². The van der Waals surface area contributed by atoms with Gasteiger partial charge in [-0.3, -0.25) is 0 Å². The molecule has 1 nitrogen and oxygen atoms in total. The maximum Gasteiger partial charge on any atom is 0.126 e. The molecule has 0 saturated carbocycles. The first-order valence-corrected chi connectivity index (χ1v) is 5.08. The minimum absolute atomic E-state index is 0.182. The minimum atomic E-state index is -0.182. The van der Waals surface area contributed by atoms with Gasteiger partial charge < -0.3 is 0 Å². The molecule has 1 heterocycles. The van der Waals surface area contributed by atoms with Crippen LogP contribution in [0.1, 0.15) is 10.4 Å². The number of benzene rings is 1. The predicted molar refractivity (Wildman–Crippen MR) is 55.8 cm³/mol. The zero-order chi connectivity index (χ0) is 10.1. The highest BCUT2D eigenvalue weighted by molar-refractivity contribution is 7.19. The van der Waals surface area contributed by atoms with Crippen molar-refractivity contribution >= 4 is 21.4 Å². The van der Waals surface area contributed by atoms with Gasteiger partial charge in [-0.2, -0.15) is 5.26 Å². The molecule has 0 aliphatic rings. The SMILES string of the molecule is Cc1c(F)ccc2sc(CC#N)cc12. The third-order valence-electron chi connectivity index (χ3n) is 2.21. The summed E-state index contributed by atoms with van der Waals surface area (Å²) in [5.41, 5.74) is 0.669. The van der Waals surface area contributed by atoms with Crippen molar-refractivity contribution in [2.45, 2.75) is 13.3 Å². The summed E-state index contributed by atoms with van der Waals surface area (Å²) < 4.78 is 14.2. The lowest BCUT2D eigenvalue weighted by Gasteiger charge is -1.96. The Kier molecular flexibility index (Phi) is 2.22. The van der Waals surface area contributed by atoms with Crippen LogP contribution in [0.2, 0.25) is 0 Å². The molecule has 0 aliphatic heterocycles. The lowest BCUT2D eigenvalue weighted by molar-refractivity contribution is 0.621. The van der Waals surface area contributed by atoms with E-state index in [4.69, 9.17) is 5.26 Å². The van der Waals surface area contributed by atoms with Crippen LogP contribution in [0.5, 0.6) is 0 Å². The van der Waals surface area contributed by atoms with E-state index in [9.17, 15) is 4.39 Å². The fraction of sp³-hybridized carbons (Fsp3) is 0.182. The van der Waals surface area contributed by atoms with E-state index in [0.29, 0.717) is 12.0 Å². The third kappa shape index (κ3) is 1.38. The largest absolute Gasteiger partial charge is 0.207 e. The van der Waals surface area contributed by atoms with Gasteiger partial charge in [-0.1, -0.05) is 0 Å². The predicted octanol–water partition coefficient (Wildman–Crippen LogP) is 3.41. The number of nitrogens with zero attached hydrogens (tertiary/aromatic N) is 1. The maximum absolute atomic E-state index is 13.2. The first-order valence-electron chi connectivity index (χ1n) is 4.27. The molecule has 0 fully saturated rings. The highest BCUT2D eigenvalue weighted by atomic mass is 32.1. The van der Waals surface area contributed by atoms with Crippen LogP contribution in [-0.2, 0) is 6.42 Å². The molecule has 0 radical (unpaired) electrons. The molecule has 14 heavy (non-hydrogen) atoms. The van der Waals surface area contributed by atoms with E-state index in [0.717, 1.165) is 15.0 Å². The van der Waals surface area contributed by atoms with Crippen LogP contribution >= 0.6 is 11.3 Å². The van der Waals surface area contributed by atoms with Gasteiger partial charge in [-0.05, 0) is 36.1 Å². The Morgan fingerprint density at radius 1 is 1.50 bits per heavy atom. The van der Waals surface area contributed by atoms with Crippen LogP contribution in [0.15, 0.2) is 18.2 Å². The molecule has 2 aromatic rings. The van der Waals surface area contributed by atoms with Crippen molar-refractivity contribution in [3.05, 3.63) is 34.5 Å². The molecule has 1 aromatic heterocycles. The Morgan fingerprint density at radius 3 is 3.00 bits per heavy atom. The van der Waals surface area contributed by atoms with Crippen molar-refractivity contribution in [1.29, 1.82) is 5.26 Å². The van der Waals surface area contributed by atoms with Crippen LogP contribution in [0, 0.1) is 24.1 Å². The number of aryl methyl sites for hydroxylation is 1. The van der Waals surface area contributed by atoms with Gasteiger partial charge in [-0.15, -0.1) is 11.3 Å². The van der Waals surface area contributed by atoms with Crippen molar-refractivity contribution in [1.82, 2.24) is 0 Å². The maximum atomic E-state index is 13.2. The van der Waals surface area contributed by atoms with E-state index in [1.54, 1.807) is 24.3 Å². The standard InChI is InChI=1S/C11H8FNS/c1-7-9-6-8(4-5-13)14-11(9)3-2-10(7)12/h2-3,6H,4H2,1H3. The Hall–Kier alpha value is -1.40. The first kappa shape index (κ1) is 9.17. The average molecular weight is 205 g/mol. The summed E-state index contributed by atoms with van der Waals surface area (Å²) >= 11 is 1.56. The topological polar surface area (TPSA) is 23.8 Å². The van der Waals surface area contributed by atoms with E-state index in [-0.39, 0.29) is 5.82 Å². The van der Waals surface area contributed by atoms with Crippen molar-refractivity contribution in [3.8, 4) is 6.07 Å². The van der Waals surface area contributed by atoms with Crippen molar-refractivity contribution in [2.75, 3.05) is 0 Å². The lowest BCUT2D eigenvalue weighted by atomic mass is 10.1. The smallest absolute Gasteiger partial charge is 0.126 e. The summed E-state index contributed by atoms with van der Waals surface area (Å²) in [6.45, 7) is 1.76. The monoisotopic (exact) mass is 205 g/mol. The van der Waals surface area contributed by atoms with Gasteiger partial charge in [0, 0.05) is 9.58 Å². The number of thiophene rings is 1. The van der Waals surface area contributed by atoms with E-state index in [1.807, 2.05) is 6.07 Å². The summed E-state index contributed by atoms with van der Waals surface area (Å²) in [4.78, 5) is 0.996. The zero-order valence-electron chi connectivity index (χ0n) is 7.67. The van der Waals surface area contributed by atoms with Gasteiger partial charge in [0.15, 0.2) is 0 Å². The first-order chi connectivity index (χ1) is 6.72. The molecule has 70 valence electrons. The van der Waals surface area contributed by atoms with E-state index in [1.165, 1.54) is 6.07 Å². The summed E-state index contributed by atoms with van der Waals surface area (Å²) in [5.74, 6) is -0.182. The third-order valence-corrected chi connectivity index (χ3v) is 3.31. The quantitative estimate of drug-likeness (QED) is 0.699. The molecule has 0 saturated heterocycles. The zero-order valence-corrected chi connectivity index (χ0v) is 8.49. The van der Waals surface area contributed by atoms with Gasteiger partial charge in [0.25, 0.3) is 0 Å².